The Balaban J connectivity index is 2.59. The molecular formula is C10H13F2NO3S. The van der Waals surface area contributed by atoms with Crippen molar-refractivity contribution < 1.29 is 21.9 Å². The normalized spacial score (nSPS) is 13.4. The maximum atomic E-state index is 13.1. The van der Waals surface area contributed by atoms with E-state index in [1.54, 1.807) is 6.92 Å². The van der Waals surface area contributed by atoms with Gasteiger partial charge in [-0.2, -0.15) is 4.39 Å². The van der Waals surface area contributed by atoms with Gasteiger partial charge in [0.1, 0.15) is 0 Å². The number of nitrogens with two attached hydrogens (primary N) is 1. The van der Waals surface area contributed by atoms with E-state index in [2.05, 4.69) is 0 Å². The van der Waals surface area contributed by atoms with Gasteiger partial charge in [0.25, 0.3) is 0 Å². The summed E-state index contributed by atoms with van der Waals surface area (Å²) in [7, 11) is -3.59. The van der Waals surface area contributed by atoms with Gasteiger partial charge < -0.3 is 4.74 Å². The van der Waals surface area contributed by atoms with Crippen molar-refractivity contribution in [3.05, 3.63) is 29.8 Å². The number of benzene rings is 1. The Hall–Kier alpha value is -1.21. The van der Waals surface area contributed by atoms with Crippen LogP contribution < -0.4 is 9.88 Å². The number of ether oxygens (including phenoxy) is 1. The topological polar surface area (TPSA) is 69.4 Å². The molecule has 0 saturated heterocycles. The number of hydrogen-bond donors (Lipinski definition) is 1. The van der Waals surface area contributed by atoms with Gasteiger partial charge in [0.05, 0.1) is 12.4 Å². The van der Waals surface area contributed by atoms with Crippen molar-refractivity contribution >= 4 is 10.0 Å². The standard InChI is InChI=1S/C10H13F2NO3S/c1-7(6-17(13,14)15)5-16-9-4-2-3-8(11)10(9)12/h2-4,7H,5-6H2,1H3,(H2,13,14,15). The van der Waals surface area contributed by atoms with Gasteiger partial charge in [0.2, 0.25) is 15.8 Å². The minimum Gasteiger partial charge on any atom is -0.490 e. The first-order chi connectivity index (χ1) is 7.79. The molecule has 0 spiro atoms. The number of primary sulfonamides is 1. The van der Waals surface area contributed by atoms with Gasteiger partial charge >= 0.3 is 0 Å². The van der Waals surface area contributed by atoms with Gasteiger partial charge in [-0.15, -0.1) is 0 Å². The highest BCUT2D eigenvalue weighted by atomic mass is 32.2. The van der Waals surface area contributed by atoms with Crippen LogP contribution in [0.1, 0.15) is 6.92 Å². The summed E-state index contributed by atoms with van der Waals surface area (Å²) in [4.78, 5) is 0. The lowest BCUT2D eigenvalue weighted by Crippen LogP contribution is -2.25. The van der Waals surface area contributed by atoms with Crippen LogP contribution in [0.4, 0.5) is 8.78 Å². The molecule has 0 radical (unpaired) electrons. The Morgan fingerprint density at radius 2 is 2.06 bits per heavy atom. The van der Waals surface area contributed by atoms with E-state index in [1.165, 1.54) is 12.1 Å². The molecule has 0 amide bonds. The molecule has 0 heterocycles. The highest BCUT2D eigenvalue weighted by molar-refractivity contribution is 7.89. The van der Waals surface area contributed by atoms with E-state index in [0.717, 1.165) is 6.07 Å². The van der Waals surface area contributed by atoms with Crippen LogP contribution in [0.15, 0.2) is 18.2 Å². The minimum atomic E-state index is -3.59. The van der Waals surface area contributed by atoms with E-state index >= 15 is 0 Å². The van der Waals surface area contributed by atoms with Crippen LogP contribution in [0, 0.1) is 17.6 Å². The highest BCUT2D eigenvalue weighted by Crippen LogP contribution is 2.19. The Morgan fingerprint density at radius 1 is 1.41 bits per heavy atom. The second-order valence-corrected chi connectivity index (χ2v) is 5.46. The molecule has 4 nitrogen and oxygen atoms in total. The lowest BCUT2D eigenvalue weighted by Gasteiger charge is -2.12. The monoisotopic (exact) mass is 265 g/mol. The van der Waals surface area contributed by atoms with Crippen LogP contribution in [0.25, 0.3) is 0 Å². The van der Waals surface area contributed by atoms with Crippen molar-refractivity contribution in [3.8, 4) is 5.75 Å². The average Bonchev–Trinajstić information content (AvgIpc) is 2.18. The fraction of sp³-hybridized carbons (Fsp3) is 0.400. The highest BCUT2D eigenvalue weighted by Gasteiger charge is 2.14. The fourth-order valence-corrected chi connectivity index (χ4v) is 2.16. The smallest absolute Gasteiger partial charge is 0.209 e. The second kappa shape index (κ2) is 5.42. The Kier molecular flexibility index (Phi) is 4.41. The summed E-state index contributed by atoms with van der Waals surface area (Å²) >= 11 is 0. The summed E-state index contributed by atoms with van der Waals surface area (Å²) in [5, 5.41) is 4.84. The zero-order chi connectivity index (χ0) is 13.1. The molecule has 1 rings (SSSR count). The van der Waals surface area contributed by atoms with E-state index in [4.69, 9.17) is 9.88 Å². The molecule has 17 heavy (non-hydrogen) atoms. The number of sulfonamides is 1. The number of hydrogen-bond acceptors (Lipinski definition) is 3. The SMILES string of the molecule is CC(COc1cccc(F)c1F)CS(N)(=O)=O. The Bertz CT molecular complexity index is 490. The van der Waals surface area contributed by atoms with Crippen molar-refractivity contribution in [2.45, 2.75) is 6.92 Å². The Labute approximate surface area is 98.4 Å². The molecule has 0 saturated carbocycles. The first-order valence-electron chi connectivity index (χ1n) is 4.87. The molecule has 1 aromatic rings. The number of halogens is 2. The lowest BCUT2D eigenvalue weighted by molar-refractivity contribution is 0.256. The van der Waals surface area contributed by atoms with Crippen molar-refractivity contribution in [2.24, 2.45) is 11.1 Å². The van der Waals surface area contributed by atoms with E-state index in [-0.39, 0.29) is 18.1 Å². The van der Waals surface area contributed by atoms with Crippen molar-refractivity contribution in [2.75, 3.05) is 12.4 Å². The zero-order valence-corrected chi connectivity index (χ0v) is 10.0. The summed E-state index contributed by atoms with van der Waals surface area (Å²) in [6.45, 7) is 1.53. The molecule has 0 aliphatic carbocycles. The average molecular weight is 265 g/mol. The van der Waals surface area contributed by atoms with Gasteiger partial charge in [0.15, 0.2) is 11.6 Å². The molecule has 2 N–H and O–H groups in total. The van der Waals surface area contributed by atoms with Crippen LogP contribution in [0.3, 0.4) is 0 Å². The molecule has 0 fully saturated rings. The number of rotatable bonds is 5. The fourth-order valence-electron chi connectivity index (χ4n) is 1.27. The van der Waals surface area contributed by atoms with Crippen molar-refractivity contribution in [3.63, 3.8) is 0 Å². The van der Waals surface area contributed by atoms with Gasteiger partial charge in [-0.25, -0.2) is 17.9 Å². The van der Waals surface area contributed by atoms with E-state index < -0.39 is 27.6 Å². The molecule has 0 bridgehead atoms. The summed E-state index contributed by atoms with van der Waals surface area (Å²) in [5.41, 5.74) is 0. The van der Waals surface area contributed by atoms with Crippen LogP contribution in [0.2, 0.25) is 0 Å². The van der Waals surface area contributed by atoms with Crippen LogP contribution in [-0.4, -0.2) is 20.8 Å². The second-order valence-electron chi connectivity index (χ2n) is 3.80. The molecule has 1 atom stereocenters. The summed E-state index contributed by atoms with van der Waals surface area (Å²) in [6, 6.07) is 3.54. The van der Waals surface area contributed by atoms with Crippen LogP contribution in [0.5, 0.6) is 5.75 Å². The van der Waals surface area contributed by atoms with Crippen molar-refractivity contribution in [1.82, 2.24) is 0 Å². The predicted molar refractivity (Wildman–Crippen MR) is 59.0 cm³/mol. The maximum absolute atomic E-state index is 13.1. The summed E-state index contributed by atoms with van der Waals surface area (Å²) in [6.07, 6.45) is 0. The largest absolute Gasteiger partial charge is 0.490 e. The predicted octanol–water partition coefficient (Wildman–Crippen LogP) is 1.27. The molecule has 0 aliphatic heterocycles. The summed E-state index contributed by atoms with van der Waals surface area (Å²) < 4.78 is 52.5. The first-order valence-corrected chi connectivity index (χ1v) is 6.58. The third-order valence-electron chi connectivity index (χ3n) is 1.96. The molecule has 0 aliphatic rings. The molecule has 1 unspecified atom stereocenters. The summed E-state index contributed by atoms with van der Waals surface area (Å²) in [5.74, 6) is -3.03. The van der Waals surface area contributed by atoms with Gasteiger partial charge in [-0.3, -0.25) is 0 Å². The lowest BCUT2D eigenvalue weighted by atomic mass is 10.2. The van der Waals surface area contributed by atoms with Crippen LogP contribution >= 0.6 is 0 Å². The maximum Gasteiger partial charge on any atom is 0.209 e. The third-order valence-corrected chi connectivity index (χ3v) is 2.99. The third kappa shape index (κ3) is 4.66. The zero-order valence-electron chi connectivity index (χ0n) is 9.19. The molecule has 96 valence electrons. The van der Waals surface area contributed by atoms with Gasteiger partial charge in [-0.1, -0.05) is 13.0 Å². The van der Waals surface area contributed by atoms with E-state index in [0.29, 0.717) is 0 Å². The molecule has 7 heteroatoms. The van der Waals surface area contributed by atoms with E-state index in [1.807, 2.05) is 0 Å². The minimum absolute atomic E-state index is 0.0587. The van der Waals surface area contributed by atoms with Gasteiger partial charge in [0, 0.05) is 5.92 Å². The molecule has 1 aromatic carbocycles. The first kappa shape index (κ1) is 13.9. The van der Waals surface area contributed by atoms with Gasteiger partial charge in [-0.05, 0) is 12.1 Å². The van der Waals surface area contributed by atoms with Crippen molar-refractivity contribution in [1.29, 1.82) is 0 Å². The molecular weight excluding hydrogens is 252 g/mol. The van der Waals surface area contributed by atoms with Crippen LogP contribution in [-0.2, 0) is 10.0 Å². The van der Waals surface area contributed by atoms with E-state index in [9.17, 15) is 17.2 Å². The Morgan fingerprint density at radius 3 is 2.65 bits per heavy atom. The molecule has 0 aromatic heterocycles. The quantitative estimate of drug-likeness (QED) is 0.871.